The Hall–Kier alpha value is -1.65. The SMILES string of the molecule is CCC(C)N(CC(=O)O)c1ccncn1. The normalized spacial score (nSPS) is 12.1. The summed E-state index contributed by atoms with van der Waals surface area (Å²) < 4.78 is 0. The van der Waals surface area contributed by atoms with Gasteiger partial charge in [-0.25, -0.2) is 9.97 Å². The highest BCUT2D eigenvalue weighted by atomic mass is 16.4. The summed E-state index contributed by atoms with van der Waals surface area (Å²) in [6.07, 6.45) is 3.91. The first kappa shape index (κ1) is 11.4. The van der Waals surface area contributed by atoms with Gasteiger partial charge in [0.05, 0.1) is 0 Å². The van der Waals surface area contributed by atoms with E-state index in [-0.39, 0.29) is 12.6 Å². The van der Waals surface area contributed by atoms with Crippen LogP contribution in [0.1, 0.15) is 20.3 Å². The van der Waals surface area contributed by atoms with E-state index in [4.69, 9.17) is 5.11 Å². The number of carboxylic acids is 1. The third-order valence-corrected chi connectivity index (χ3v) is 2.29. The first-order chi connectivity index (χ1) is 7.15. The smallest absolute Gasteiger partial charge is 0.323 e. The average Bonchev–Trinajstić information content (AvgIpc) is 2.26. The molecule has 0 amide bonds. The van der Waals surface area contributed by atoms with Crippen LogP contribution in [0.5, 0.6) is 0 Å². The van der Waals surface area contributed by atoms with Crippen molar-refractivity contribution in [1.29, 1.82) is 0 Å². The van der Waals surface area contributed by atoms with Gasteiger partial charge in [0.15, 0.2) is 0 Å². The summed E-state index contributed by atoms with van der Waals surface area (Å²) in [6.45, 7) is 3.96. The van der Waals surface area contributed by atoms with Crippen LogP contribution in [0.4, 0.5) is 5.82 Å². The predicted molar refractivity (Wildman–Crippen MR) is 56.8 cm³/mol. The number of nitrogens with zero attached hydrogens (tertiary/aromatic N) is 3. The minimum atomic E-state index is -0.853. The van der Waals surface area contributed by atoms with Crippen LogP contribution in [0, 0.1) is 0 Å². The third kappa shape index (κ3) is 3.19. The maximum absolute atomic E-state index is 10.7. The summed E-state index contributed by atoms with van der Waals surface area (Å²) in [5.74, 6) is -0.198. The van der Waals surface area contributed by atoms with E-state index in [1.54, 1.807) is 17.2 Å². The maximum atomic E-state index is 10.7. The van der Waals surface area contributed by atoms with Crippen molar-refractivity contribution in [3.05, 3.63) is 18.6 Å². The molecular formula is C10H15N3O2. The lowest BCUT2D eigenvalue weighted by molar-refractivity contribution is -0.135. The topological polar surface area (TPSA) is 66.3 Å². The standard InChI is InChI=1S/C10H15N3O2/c1-3-8(2)13(6-10(14)15)9-4-5-11-7-12-9/h4-5,7-8H,3,6H2,1-2H3,(H,14,15). The number of aliphatic carboxylic acids is 1. The van der Waals surface area contributed by atoms with Crippen LogP contribution in [-0.4, -0.2) is 33.6 Å². The van der Waals surface area contributed by atoms with Gasteiger partial charge in [0.2, 0.25) is 0 Å². The Balaban J connectivity index is 2.86. The number of aromatic nitrogens is 2. The van der Waals surface area contributed by atoms with Gasteiger partial charge in [0, 0.05) is 12.2 Å². The van der Waals surface area contributed by atoms with Crippen LogP contribution in [0.3, 0.4) is 0 Å². The van der Waals surface area contributed by atoms with Crippen molar-refractivity contribution >= 4 is 11.8 Å². The molecule has 1 heterocycles. The van der Waals surface area contributed by atoms with Gasteiger partial charge in [-0.05, 0) is 19.4 Å². The van der Waals surface area contributed by atoms with E-state index in [9.17, 15) is 4.79 Å². The highest BCUT2D eigenvalue weighted by Crippen LogP contribution is 2.13. The van der Waals surface area contributed by atoms with E-state index < -0.39 is 5.97 Å². The largest absolute Gasteiger partial charge is 0.480 e. The summed E-state index contributed by atoms with van der Waals surface area (Å²) in [5, 5.41) is 8.80. The van der Waals surface area contributed by atoms with Gasteiger partial charge in [-0.2, -0.15) is 0 Å². The van der Waals surface area contributed by atoms with E-state index in [2.05, 4.69) is 9.97 Å². The molecule has 1 atom stereocenters. The van der Waals surface area contributed by atoms with Gasteiger partial charge in [0.25, 0.3) is 0 Å². The van der Waals surface area contributed by atoms with Crippen molar-refractivity contribution in [2.45, 2.75) is 26.3 Å². The Morgan fingerprint density at radius 3 is 2.87 bits per heavy atom. The molecule has 0 radical (unpaired) electrons. The van der Waals surface area contributed by atoms with Crippen molar-refractivity contribution < 1.29 is 9.90 Å². The van der Waals surface area contributed by atoms with Gasteiger partial charge in [-0.3, -0.25) is 4.79 Å². The molecule has 0 aliphatic carbocycles. The number of rotatable bonds is 5. The summed E-state index contributed by atoms with van der Waals surface area (Å²) in [6, 6.07) is 1.87. The lowest BCUT2D eigenvalue weighted by Gasteiger charge is -2.27. The van der Waals surface area contributed by atoms with Crippen LogP contribution in [0.2, 0.25) is 0 Å². The Bertz CT molecular complexity index is 316. The molecule has 0 bridgehead atoms. The van der Waals surface area contributed by atoms with Crippen molar-refractivity contribution in [3.8, 4) is 0 Å². The molecule has 1 N–H and O–H groups in total. The molecule has 1 unspecified atom stereocenters. The molecular weight excluding hydrogens is 194 g/mol. The van der Waals surface area contributed by atoms with Crippen molar-refractivity contribution in [2.24, 2.45) is 0 Å². The molecule has 82 valence electrons. The molecule has 0 saturated carbocycles. The average molecular weight is 209 g/mol. The Labute approximate surface area is 88.8 Å². The van der Waals surface area contributed by atoms with E-state index in [0.29, 0.717) is 5.82 Å². The van der Waals surface area contributed by atoms with Crippen molar-refractivity contribution in [2.75, 3.05) is 11.4 Å². The van der Waals surface area contributed by atoms with E-state index >= 15 is 0 Å². The molecule has 1 aromatic rings. The zero-order chi connectivity index (χ0) is 11.3. The van der Waals surface area contributed by atoms with Gasteiger partial charge in [-0.15, -0.1) is 0 Å². The summed E-state index contributed by atoms with van der Waals surface area (Å²) in [5.41, 5.74) is 0. The molecule has 0 aliphatic rings. The lowest BCUT2D eigenvalue weighted by Crippen LogP contribution is -2.37. The summed E-state index contributed by atoms with van der Waals surface area (Å²) in [4.78, 5) is 20.3. The molecule has 0 spiro atoms. The highest BCUT2D eigenvalue weighted by Gasteiger charge is 2.16. The van der Waals surface area contributed by atoms with E-state index in [1.165, 1.54) is 6.33 Å². The fraction of sp³-hybridized carbons (Fsp3) is 0.500. The fourth-order valence-corrected chi connectivity index (χ4v) is 1.28. The second-order valence-electron chi connectivity index (χ2n) is 3.35. The monoisotopic (exact) mass is 209 g/mol. The van der Waals surface area contributed by atoms with Gasteiger partial charge >= 0.3 is 5.97 Å². The molecule has 0 fully saturated rings. The minimum Gasteiger partial charge on any atom is -0.480 e. The molecule has 0 saturated heterocycles. The first-order valence-corrected chi connectivity index (χ1v) is 4.89. The van der Waals surface area contributed by atoms with E-state index in [1.807, 2.05) is 13.8 Å². The highest BCUT2D eigenvalue weighted by molar-refractivity contribution is 5.73. The summed E-state index contributed by atoms with van der Waals surface area (Å²) in [7, 11) is 0. The second kappa shape index (κ2) is 5.29. The number of carboxylic acid groups (broad SMARTS) is 1. The van der Waals surface area contributed by atoms with Gasteiger partial charge in [-0.1, -0.05) is 6.92 Å². The number of anilines is 1. The van der Waals surface area contributed by atoms with Crippen LogP contribution < -0.4 is 4.90 Å². The van der Waals surface area contributed by atoms with Crippen molar-refractivity contribution in [1.82, 2.24) is 9.97 Å². The maximum Gasteiger partial charge on any atom is 0.323 e. The van der Waals surface area contributed by atoms with Crippen LogP contribution in [-0.2, 0) is 4.79 Å². The van der Waals surface area contributed by atoms with Crippen molar-refractivity contribution in [3.63, 3.8) is 0 Å². The molecule has 15 heavy (non-hydrogen) atoms. The van der Waals surface area contributed by atoms with Crippen LogP contribution in [0.25, 0.3) is 0 Å². The molecule has 1 aromatic heterocycles. The Morgan fingerprint density at radius 1 is 1.67 bits per heavy atom. The quantitative estimate of drug-likeness (QED) is 0.788. The van der Waals surface area contributed by atoms with E-state index in [0.717, 1.165) is 6.42 Å². The number of carbonyl (C=O) groups is 1. The Morgan fingerprint density at radius 2 is 2.40 bits per heavy atom. The first-order valence-electron chi connectivity index (χ1n) is 4.89. The molecule has 5 heteroatoms. The molecule has 5 nitrogen and oxygen atoms in total. The zero-order valence-electron chi connectivity index (χ0n) is 8.92. The Kier molecular flexibility index (Phi) is 4.03. The molecule has 0 aliphatic heterocycles. The molecule has 0 aromatic carbocycles. The van der Waals surface area contributed by atoms with Gasteiger partial charge in [0.1, 0.15) is 18.7 Å². The minimum absolute atomic E-state index is 0.0357. The second-order valence-corrected chi connectivity index (χ2v) is 3.35. The number of hydrogen-bond acceptors (Lipinski definition) is 4. The fourth-order valence-electron chi connectivity index (χ4n) is 1.28. The van der Waals surface area contributed by atoms with Crippen LogP contribution in [0.15, 0.2) is 18.6 Å². The van der Waals surface area contributed by atoms with Gasteiger partial charge < -0.3 is 10.0 Å². The number of hydrogen-bond donors (Lipinski definition) is 1. The van der Waals surface area contributed by atoms with Crippen LogP contribution >= 0.6 is 0 Å². The lowest BCUT2D eigenvalue weighted by atomic mass is 10.2. The zero-order valence-corrected chi connectivity index (χ0v) is 8.92. The predicted octanol–water partition coefficient (Wildman–Crippen LogP) is 1.17. The molecule has 1 rings (SSSR count). The third-order valence-electron chi connectivity index (χ3n) is 2.29. The summed E-state index contributed by atoms with van der Waals surface area (Å²) >= 11 is 0.